The number of ether oxygens (including phenoxy) is 1. The number of benzene rings is 3. The standard InChI is InChI=1S/C28H30N2O5S/c1-3-4-18-35-28(32)22-11-13-24(14-12-22)29-36(33,34)25-15-16-26-23(19-25)6-5-17-30(26)27(31)21-9-7-20(2)8-10-21/h7-16,19,29H,3-6,17-18H2,1-2H3. The lowest BCUT2D eigenvalue weighted by Gasteiger charge is -2.30. The first kappa shape index (κ1) is 25.4. The van der Waals surface area contributed by atoms with Crippen LogP contribution in [-0.2, 0) is 21.2 Å². The van der Waals surface area contributed by atoms with E-state index in [-0.39, 0.29) is 10.8 Å². The third-order valence-electron chi connectivity index (χ3n) is 6.13. The molecule has 0 radical (unpaired) electrons. The maximum atomic E-state index is 13.1. The van der Waals surface area contributed by atoms with Gasteiger partial charge in [-0.3, -0.25) is 9.52 Å². The van der Waals surface area contributed by atoms with E-state index in [9.17, 15) is 18.0 Å². The van der Waals surface area contributed by atoms with Gasteiger partial charge in [0.15, 0.2) is 0 Å². The first-order chi connectivity index (χ1) is 17.3. The van der Waals surface area contributed by atoms with Gasteiger partial charge in [-0.2, -0.15) is 0 Å². The van der Waals surface area contributed by atoms with Crippen LogP contribution in [0.3, 0.4) is 0 Å². The molecule has 0 bridgehead atoms. The molecule has 1 heterocycles. The Balaban J connectivity index is 1.49. The molecule has 3 aromatic rings. The van der Waals surface area contributed by atoms with Crippen molar-refractivity contribution in [3.8, 4) is 0 Å². The summed E-state index contributed by atoms with van der Waals surface area (Å²) in [5, 5.41) is 0. The molecule has 188 valence electrons. The molecule has 1 amide bonds. The van der Waals surface area contributed by atoms with Gasteiger partial charge in [0, 0.05) is 23.5 Å². The van der Waals surface area contributed by atoms with Crippen LogP contribution in [0.4, 0.5) is 11.4 Å². The van der Waals surface area contributed by atoms with Crippen LogP contribution in [0, 0.1) is 6.92 Å². The summed E-state index contributed by atoms with van der Waals surface area (Å²) in [4.78, 5) is 27.0. The van der Waals surface area contributed by atoms with Gasteiger partial charge in [-0.25, -0.2) is 13.2 Å². The van der Waals surface area contributed by atoms with Gasteiger partial charge in [-0.05, 0) is 86.3 Å². The first-order valence-corrected chi connectivity index (χ1v) is 13.6. The van der Waals surface area contributed by atoms with Crippen LogP contribution in [0.2, 0.25) is 0 Å². The number of amides is 1. The van der Waals surface area contributed by atoms with E-state index in [0.717, 1.165) is 36.1 Å². The third-order valence-corrected chi connectivity index (χ3v) is 7.51. The van der Waals surface area contributed by atoms with E-state index in [2.05, 4.69) is 4.72 Å². The van der Waals surface area contributed by atoms with Crippen LogP contribution in [0.5, 0.6) is 0 Å². The number of sulfonamides is 1. The maximum Gasteiger partial charge on any atom is 0.338 e. The highest BCUT2D eigenvalue weighted by Gasteiger charge is 2.26. The smallest absolute Gasteiger partial charge is 0.338 e. The number of hydrogen-bond donors (Lipinski definition) is 1. The van der Waals surface area contributed by atoms with E-state index < -0.39 is 16.0 Å². The van der Waals surface area contributed by atoms with Crippen molar-refractivity contribution in [1.29, 1.82) is 0 Å². The number of aryl methyl sites for hydroxylation is 2. The van der Waals surface area contributed by atoms with Crippen molar-refractivity contribution in [3.05, 3.63) is 89.0 Å². The van der Waals surface area contributed by atoms with Crippen LogP contribution in [0.1, 0.15) is 58.0 Å². The van der Waals surface area contributed by atoms with Gasteiger partial charge in [0.25, 0.3) is 15.9 Å². The molecule has 3 aromatic carbocycles. The fourth-order valence-corrected chi connectivity index (χ4v) is 5.19. The fraction of sp³-hybridized carbons (Fsp3) is 0.286. The zero-order valence-electron chi connectivity index (χ0n) is 20.5. The summed E-state index contributed by atoms with van der Waals surface area (Å²) in [7, 11) is -3.86. The van der Waals surface area contributed by atoms with E-state index >= 15 is 0 Å². The number of carbonyl (C=O) groups is 2. The molecule has 0 atom stereocenters. The third kappa shape index (κ3) is 5.76. The van der Waals surface area contributed by atoms with E-state index in [4.69, 9.17) is 4.74 Å². The second-order valence-electron chi connectivity index (χ2n) is 8.89. The molecule has 36 heavy (non-hydrogen) atoms. The average Bonchev–Trinajstić information content (AvgIpc) is 2.88. The molecule has 0 aromatic heterocycles. The number of hydrogen-bond acceptors (Lipinski definition) is 5. The van der Waals surface area contributed by atoms with Gasteiger partial charge >= 0.3 is 5.97 Å². The Kier molecular flexibility index (Phi) is 7.74. The normalized spacial score (nSPS) is 13.1. The van der Waals surface area contributed by atoms with Crippen molar-refractivity contribution in [2.24, 2.45) is 0 Å². The van der Waals surface area contributed by atoms with Crippen LogP contribution in [0.25, 0.3) is 0 Å². The van der Waals surface area contributed by atoms with Crippen molar-refractivity contribution in [2.75, 3.05) is 22.8 Å². The minimum Gasteiger partial charge on any atom is -0.462 e. The summed E-state index contributed by atoms with van der Waals surface area (Å²) in [6, 6.07) is 18.4. The minimum atomic E-state index is -3.86. The quantitative estimate of drug-likeness (QED) is 0.329. The van der Waals surface area contributed by atoms with Crippen LogP contribution >= 0.6 is 0 Å². The summed E-state index contributed by atoms with van der Waals surface area (Å²) in [5.41, 5.74) is 3.93. The number of rotatable bonds is 8. The predicted octanol–water partition coefficient (Wildman–Crippen LogP) is 5.35. The van der Waals surface area contributed by atoms with Gasteiger partial charge in [-0.15, -0.1) is 0 Å². The molecule has 8 heteroatoms. The van der Waals surface area contributed by atoms with Gasteiger partial charge in [0.05, 0.1) is 17.1 Å². The number of esters is 1. The maximum absolute atomic E-state index is 13.1. The largest absolute Gasteiger partial charge is 0.462 e. The second-order valence-corrected chi connectivity index (χ2v) is 10.6. The molecular formula is C28H30N2O5S. The zero-order valence-corrected chi connectivity index (χ0v) is 21.3. The molecule has 4 rings (SSSR count). The molecule has 0 fully saturated rings. The monoisotopic (exact) mass is 506 g/mol. The van der Waals surface area contributed by atoms with Crippen molar-refractivity contribution in [1.82, 2.24) is 0 Å². The molecule has 0 unspecified atom stereocenters. The topological polar surface area (TPSA) is 92.8 Å². The Bertz CT molecular complexity index is 1350. The lowest BCUT2D eigenvalue weighted by molar-refractivity contribution is 0.0499. The minimum absolute atomic E-state index is 0.0991. The van der Waals surface area contributed by atoms with Crippen molar-refractivity contribution in [3.63, 3.8) is 0 Å². The molecule has 7 nitrogen and oxygen atoms in total. The molecule has 0 spiro atoms. The fourth-order valence-electron chi connectivity index (χ4n) is 4.08. The summed E-state index contributed by atoms with van der Waals surface area (Å²) >= 11 is 0. The van der Waals surface area contributed by atoms with E-state index in [1.807, 2.05) is 38.1 Å². The van der Waals surface area contributed by atoms with Gasteiger partial charge in [0.1, 0.15) is 0 Å². The Morgan fingerprint density at radius 1 is 0.972 bits per heavy atom. The van der Waals surface area contributed by atoms with Crippen molar-refractivity contribution in [2.45, 2.75) is 44.4 Å². The number of anilines is 2. The first-order valence-electron chi connectivity index (χ1n) is 12.1. The summed E-state index contributed by atoms with van der Waals surface area (Å²) in [6.07, 6.45) is 3.16. The SMILES string of the molecule is CCCCOC(=O)c1ccc(NS(=O)(=O)c2ccc3c(c2)CCCN3C(=O)c2ccc(C)cc2)cc1. The zero-order chi connectivity index (χ0) is 25.7. The van der Waals surface area contributed by atoms with Crippen LogP contribution in [0.15, 0.2) is 71.6 Å². The summed E-state index contributed by atoms with van der Waals surface area (Å²) in [5.74, 6) is -0.532. The van der Waals surface area contributed by atoms with Crippen LogP contribution < -0.4 is 9.62 Å². The van der Waals surface area contributed by atoms with E-state index in [1.54, 1.807) is 17.0 Å². The molecule has 1 aliphatic rings. The molecule has 1 aliphatic heterocycles. The lowest BCUT2D eigenvalue weighted by Crippen LogP contribution is -2.35. The Morgan fingerprint density at radius 3 is 2.36 bits per heavy atom. The van der Waals surface area contributed by atoms with E-state index in [1.165, 1.54) is 30.3 Å². The van der Waals surface area contributed by atoms with Gasteiger partial charge in [-0.1, -0.05) is 31.0 Å². The molecular weight excluding hydrogens is 476 g/mol. The predicted molar refractivity (Wildman–Crippen MR) is 140 cm³/mol. The Hall–Kier alpha value is -3.65. The number of nitrogens with one attached hydrogen (secondary N) is 1. The molecule has 0 saturated carbocycles. The summed E-state index contributed by atoms with van der Waals surface area (Å²) in [6.45, 7) is 4.92. The van der Waals surface area contributed by atoms with E-state index in [0.29, 0.717) is 36.4 Å². The second kappa shape index (κ2) is 11.0. The Labute approximate surface area is 212 Å². The van der Waals surface area contributed by atoms with Crippen LogP contribution in [-0.4, -0.2) is 33.4 Å². The molecule has 0 aliphatic carbocycles. The van der Waals surface area contributed by atoms with Crippen molar-refractivity contribution >= 4 is 33.3 Å². The Morgan fingerprint density at radius 2 is 1.67 bits per heavy atom. The highest BCUT2D eigenvalue weighted by molar-refractivity contribution is 7.92. The number of unbranched alkanes of at least 4 members (excludes halogenated alkanes) is 1. The average molecular weight is 507 g/mol. The highest BCUT2D eigenvalue weighted by Crippen LogP contribution is 2.31. The van der Waals surface area contributed by atoms with Crippen molar-refractivity contribution < 1.29 is 22.7 Å². The highest BCUT2D eigenvalue weighted by atomic mass is 32.2. The van der Waals surface area contributed by atoms with Gasteiger partial charge in [0.2, 0.25) is 0 Å². The number of carbonyl (C=O) groups excluding carboxylic acids is 2. The molecule has 0 saturated heterocycles. The lowest BCUT2D eigenvalue weighted by atomic mass is 10.0. The molecule has 1 N–H and O–H groups in total. The van der Waals surface area contributed by atoms with Gasteiger partial charge < -0.3 is 9.64 Å². The number of fused-ring (bicyclic) bond motifs is 1. The summed E-state index contributed by atoms with van der Waals surface area (Å²) < 4.78 is 33.9. The number of nitrogens with zero attached hydrogens (tertiary/aromatic N) is 1.